The summed E-state index contributed by atoms with van der Waals surface area (Å²) in [5.41, 5.74) is 2.29. The molecule has 0 saturated heterocycles. The maximum absolute atomic E-state index is 11.7. The Morgan fingerprint density at radius 1 is 1.50 bits per heavy atom. The molecule has 0 saturated carbocycles. The van der Waals surface area contributed by atoms with Crippen LogP contribution in [0.1, 0.15) is 18.1 Å². The fourth-order valence-electron chi connectivity index (χ4n) is 1.60. The van der Waals surface area contributed by atoms with Gasteiger partial charge in [0.25, 0.3) is 0 Å². The number of aryl methyl sites for hydroxylation is 1. The molecule has 0 bridgehead atoms. The molecule has 1 aromatic carbocycles. The highest BCUT2D eigenvalue weighted by Crippen LogP contribution is 2.03. The summed E-state index contributed by atoms with van der Waals surface area (Å²) in [6.07, 6.45) is 0. The van der Waals surface area contributed by atoms with Gasteiger partial charge in [-0.3, -0.25) is 9.69 Å². The van der Waals surface area contributed by atoms with Gasteiger partial charge in [0.1, 0.15) is 0 Å². The van der Waals surface area contributed by atoms with Gasteiger partial charge in [-0.05, 0) is 26.5 Å². The highest BCUT2D eigenvalue weighted by molar-refractivity contribution is 5.78. The van der Waals surface area contributed by atoms with Crippen LogP contribution >= 0.6 is 0 Å². The summed E-state index contributed by atoms with van der Waals surface area (Å²) in [6, 6.07) is 8.06. The predicted molar refractivity (Wildman–Crippen MR) is 72.2 cm³/mol. The zero-order valence-electron chi connectivity index (χ0n) is 11.3. The van der Waals surface area contributed by atoms with E-state index in [-0.39, 0.29) is 18.6 Å². The smallest absolute Gasteiger partial charge is 0.234 e. The SMILES string of the molecule is Cc1cccc(CNC(=O)CN(C)C(C)CO)c1. The molecule has 0 spiro atoms. The monoisotopic (exact) mass is 250 g/mol. The van der Waals surface area contributed by atoms with E-state index in [2.05, 4.69) is 11.4 Å². The maximum Gasteiger partial charge on any atom is 0.234 e. The molecule has 0 fully saturated rings. The van der Waals surface area contributed by atoms with Gasteiger partial charge >= 0.3 is 0 Å². The second-order valence-electron chi connectivity index (χ2n) is 4.71. The molecule has 0 heterocycles. The van der Waals surface area contributed by atoms with Crippen molar-refractivity contribution in [3.8, 4) is 0 Å². The number of likely N-dealkylation sites (N-methyl/N-ethyl adjacent to an activating group) is 1. The molecule has 4 nitrogen and oxygen atoms in total. The number of nitrogens with one attached hydrogen (secondary N) is 1. The van der Waals surface area contributed by atoms with Crippen molar-refractivity contribution in [2.75, 3.05) is 20.2 Å². The first-order valence-electron chi connectivity index (χ1n) is 6.16. The van der Waals surface area contributed by atoms with Crippen LogP contribution in [0.25, 0.3) is 0 Å². The molecule has 4 heteroatoms. The Morgan fingerprint density at radius 2 is 2.22 bits per heavy atom. The average molecular weight is 250 g/mol. The molecular weight excluding hydrogens is 228 g/mol. The third kappa shape index (κ3) is 4.85. The molecule has 1 rings (SSSR count). The molecule has 0 radical (unpaired) electrons. The summed E-state index contributed by atoms with van der Waals surface area (Å²) in [5, 5.41) is 11.9. The summed E-state index contributed by atoms with van der Waals surface area (Å²) in [5.74, 6) is -0.0284. The van der Waals surface area contributed by atoms with Gasteiger partial charge < -0.3 is 10.4 Å². The normalized spacial score (nSPS) is 12.5. The summed E-state index contributed by atoms with van der Waals surface area (Å²) < 4.78 is 0. The van der Waals surface area contributed by atoms with Crippen LogP contribution in [0.4, 0.5) is 0 Å². The lowest BCUT2D eigenvalue weighted by Crippen LogP contribution is -2.40. The number of benzene rings is 1. The van der Waals surface area contributed by atoms with Gasteiger partial charge in [0, 0.05) is 12.6 Å². The van der Waals surface area contributed by atoms with E-state index in [0.717, 1.165) is 5.56 Å². The first kappa shape index (κ1) is 14.7. The van der Waals surface area contributed by atoms with E-state index in [1.165, 1.54) is 5.56 Å². The fourth-order valence-corrected chi connectivity index (χ4v) is 1.60. The minimum absolute atomic E-state index is 0.00489. The number of carbonyl (C=O) groups excluding carboxylic acids is 1. The molecule has 0 aliphatic rings. The van der Waals surface area contributed by atoms with Gasteiger partial charge in [-0.2, -0.15) is 0 Å². The van der Waals surface area contributed by atoms with Crippen LogP contribution in [-0.4, -0.2) is 42.2 Å². The zero-order chi connectivity index (χ0) is 13.5. The molecule has 0 aromatic heterocycles. The number of amides is 1. The van der Waals surface area contributed by atoms with E-state index in [0.29, 0.717) is 13.1 Å². The van der Waals surface area contributed by atoms with Crippen LogP contribution in [0.3, 0.4) is 0 Å². The number of carbonyl (C=O) groups is 1. The van der Waals surface area contributed by atoms with Crippen molar-refractivity contribution in [3.05, 3.63) is 35.4 Å². The Balaban J connectivity index is 2.37. The summed E-state index contributed by atoms with van der Waals surface area (Å²) in [6.45, 7) is 4.81. The first-order chi connectivity index (χ1) is 8.52. The quantitative estimate of drug-likeness (QED) is 0.789. The number of hydrogen-bond donors (Lipinski definition) is 2. The van der Waals surface area contributed by atoms with Crippen LogP contribution in [-0.2, 0) is 11.3 Å². The van der Waals surface area contributed by atoms with Gasteiger partial charge in [-0.25, -0.2) is 0 Å². The second-order valence-corrected chi connectivity index (χ2v) is 4.71. The molecule has 0 aliphatic heterocycles. The minimum Gasteiger partial charge on any atom is -0.395 e. The summed E-state index contributed by atoms with van der Waals surface area (Å²) in [4.78, 5) is 13.5. The van der Waals surface area contributed by atoms with E-state index in [1.54, 1.807) is 0 Å². The van der Waals surface area contributed by atoms with Crippen molar-refractivity contribution < 1.29 is 9.90 Å². The van der Waals surface area contributed by atoms with Crippen molar-refractivity contribution >= 4 is 5.91 Å². The van der Waals surface area contributed by atoms with Gasteiger partial charge in [0.2, 0.25) is 5.91 Å². The van der Waals surface area contributed by atoms with E-state index >= 15 is 0 Å². The number of rotatable bonds is 6. The fraction of sp³-hybridized carbons (Fsp3) is 0.500. The van der Waals surface area contributed by atoms with Gasteiger partial charge in [-0.1, -0.05) is 29.8 Å². The van der Waals surface area contributed by atoms with Gasteiger partial charge in [-0.15, -0.1) is 0 Å². The zero-order valence-corrected chi connectivity index (χ0v) is 11.3. The van der Waals surface area contributed by atoms with Crippen molar-refractivity contribution in [1.29, 1.82) is 0 Å². The second kappa shape index (κ2) is 7.13. The number of aliphatic hydroxyl groups excluding tert-OH is 1. The average Bonchev–Trinajstić information content (AvgIpc) is 2.35. The maximum atomic E-state index is 11.7. The number of aliphatic hydroxyl groups is 1. The molecule has 0 aliphatic carbocycles. The molecule has 2 N–H and O–H groups in total. The standard InChI is InChI=1S/C14H22N2O2/c1-11-5-4-6-13(7-11)8-15-14(18)9-16(3)12(2)10-17/h4-7,12,17H,8-10H2,1-3H3,(H,15,18). The Morgan fingerprint density at radius 3 is 2.83 bits per heavy atom. The highest BCUT2D eigenvalue weighted by Gasteiger charge is 2.11. The van der Waals surface area contributed by atoms with Gasteiger partial charge in [0.05, 0.1) is 13.2 Å². The molecular formula is C14H22N2O2. The summed E-state index contributed by atoms with van der Waals surface area (Å²) in [7, 11) is 1.83. The van der Waals surface area contributed by atoms with E-state index in [4.69, 9.17) is 5.11 Å². The molecule has 1 atom stereocenters. The lowest BCUT2D eigenvalue weighted by Gasteiger charge is -2.21. The number of hydrogen-bond acceptors (Lipinski definition) is 3. The lowest BCUT2D eigenvalue weighted by atomic mass is 10.1. The van der Waals surface area contributed by atoms with E-state index < -0.39 is 0 Å². The van der Waals surface area contributed by atoms with Gasteiger partial charge in [0.15, 0.2) is 0 Å². The van der Waals surface area contributed by atoms with Crippen LogP contribution < -0.4 is 5.32 Å². The third-order valence-corrected chi connectivity index (χ3v) is 2.98. The largest absolute Gasteiger partial charge is 0.395 e. The molecule has 1 amide bonds. The van der Waals surface area contributed by atoms with Crippen molar-refractivity contribution in [2.24, 2.45) is 0 Å². The Kier molecular flexibility index (Phi) is 5.82. The van der Waals surface area contributed by atoms with E-state index in [9.17, 15) is 4.79 Å². The Labute approximate surface area is 109 Å². The van der Waals surface area contributed by atoms with Crippen LogP contribution in [0.2, 0.25) is 0 Å². The molecule has 1 unspecified atom stereocenters. The van der Waals surface area contributed by atoms with Crippen molar-refractivity contribution in [3.63, 3.8) is 0 Å². The topological polar surface area (TPSA) is 52.6 Å². The van der Waals surface area contributed by atoms with Crippen LogP contribution in [0.15, 0.2) is 24.3 Å². The Hall–Kier alpha value is -1.39. The molecule has 100 valence electrons. The van der Waals surface area contributed by atoms with Crippen LogP contribution in [0.5, 0.6) is 0 Å². The van der Waals surface area contributed by atoms with Crippen LogP contribution in [0, 0.1) is 6.92 Å². The van der Waals surface area contributed by atoms with E-state index in [1.807, 2.05) is 44.0 Å². The predicted octanol–water partition coefficient (Wildman–Crippen LogP) is 0.924. The molecule has 18 heavy (non-hydrogen) atoms. The van der Waals surface area contributed by atoms with Crippen molar-refractivity contribution in [2.45, 2.75) is 26.4 Å². The Bertz CT molecular complexity index is 393. The highest BCUT2D eigenvalue weighted by atomic mass is 16.3. The van der Waals surface area contributed by atoms with Crippen molar-refractivity contribution in [1.82, 2.24) is 10.2 Å². The first-order valence-corrected chi connectivity index (χ1v) is 6.16. The lowest BCUT2D eigenvalue weighted by molar-refractivity contribution is -0.122. The number of nitrogens with zero attached hydrogens (tertiary/aromatic N) is 1. The summed E-state index contributed by atoms with van der Waals surface area (Å²) >= 11 is 0. The third-order valence-electron chi connectivity index (χ3n) is 2.98. The minimum atomic E-state index is -0.0284. The molecule has 1 aromatic rings.